The van der Waals surface area contributed by atoms with Crippen LogP contribution in [-0.4, -0.2) is 64.2 Å². The Morgan fingerprint density at radius 1 is 0.972 bits per heavy atom. The first-order valence-electron chi connectivity index (χ1n) is 11.0. The van der Waals surface area contributed by atoms with Crippen LogP contribution >= 0.6 is 23.2 Å². The van der Waals surface area contributed by atoms with Crippen molar-refractivity contribution in [3.8, 4) is 11.5 Å². The predicted molar refractivity (Wildman–Crippen MR) is 141 cm³/mol. The van der Waals surface area contributed by atoms with Crippen molar-refractivity contribution < 1.29 is 27.5 Å². The van der Waals surface area contributed by atoms with Crippen LogP contribution in [0.4, 0.5) is 5.69 Å². The third-order valence-electron chi connectivity index (χ3n) is 5.27. The van der Waals surface area contributed by atoms with Gasteiger partial charge in [-0.2, -0.15) is 0 Å². The van der Waals surface area contributed by atoms with E-state index in [0.717, 1.165) is 10.6 Å². The van der Waals surface area contributed by atoms with Crippen LogP contribution in [0.25, 0.3) is 0 Å². The maximum absolute atomic E-state index is 13.6. The molecule has 0 spiro atoms. The molecule has 198 valence electrons. The van der Waals surface area contributed by atoms with Crippen LogP contribution in [0.5, 0.6) is 11.5 Å². The largest absolute Gasteiger partial charge is 0.493 e. The van der Waals surface area contributed by atoms with Crippen molar-refractivity contribution >= 4 is 50.7 Å². The maximum Gasteiger partial charge on any atom is 0.244 e. The Morgan fingerprint density at radius 2 is 1.61 bits per heavy atom. The van der Waals surface area contributed by atoms with Gasteiger partial charge in [0, 0.05) is 18.7 Å². The molecule has 0 saturated heterocycles. The SMILES string of the molecule is COc1ccc(N(CC(=O)N(Cc2ccc(Cl)c(Cl)c2)C(C)C(=O)NC(C)C)S(C)(=O)=O)cc1OC. The summed E-state index contributed by atoms with van der Waals surface area (Å²) in [7, 11) is -1.01. The summed E-state index contributed by atoms with van der Waals surface area (Å²) in [5.41, 5.74) is 0.830. The van der Waals surface area contributed by atoms with E-state index in [1.165, 1.54) is 31.3 Å². The Hall–Kier alpha value is -2.69. The number of rotatable bonds is 11. The second-order valence-corrected chi connectivity index (χ2v) is 11.1. The van der Waals surface area contributed by atoms with E-state index in [2.05, 4.69) is 5.32 Å². The number of sulfonamides is 1. The summed E-state index contributed by atoms with van der Waals surface area (Å²) in [5.74, 6) is -0.266. The molecule has 0 heterocycles. The monoisotopic (exact) mass is 559 g/mol. The number of benzene rings is 2. The van der Waals surface area contributed by atoms with Gasteiger partial charge in [-0.05, 0) is 50.6 Å². The van der Waals surface area contributed by atoms with Gasteiger partial charge in [0.05, 0.1) is 36.2 Å². The van der Waals surface area contributed by atoms with Gasteiger partial charge in [-0.25, -0.2) is 8.42 Å². The first-order chi connectivity index (χ1) is 16.8. The molecule has 2 amide bonds. The van der Waals surface area contributed by atoms with Crippen LogP contribution in [0.1, 0.15) is 26.3 Å². The highest BCUT2D eigenvalue weighted by Crippen LogP contribution is 2.32. The van der Waals surface area contributed by atoms with Gasteiger partial charge in [0.2, 0.25) is 21.8 Å². The van der Waals surface area contributed by atoms with Gasteiger partial charge in [0.1, 0.15) is 12.6 Å². The van der Waals surface area contributed by atoms with Crippen molar-refractivity contribution in [3.63, 3.8) is 0 Å². The Bertz CT molecular complexity index is 1210. The molecule has 2 rings (SSSR count). The van der Waals surface area contributed by atoms with E-state index in [1.807, 2.05) is 0 Å². The zero-order valence-electron chi connectivity index (χ0n) is 21.0. The average Bonchev–Trinajstić information content (AvgIpc) is 2.80. The summed E-state index contributed by atoms with van der Waals surface area (Å²) in [6, 6.07) is 8.34. The van der Waals surface area contributed by atoms with Crippen molar-refractivity contribution in [2.45, 2.75) is 39.4 Å². The van der Waals surface area contributed by atoms with E-state index in [9.17, 15) is 18.0 Å². The van der Waals surface area contributed by atoms with Crippen molar-refractivity contribution in [1.82, 2.24) is 10.2 Å². The number of halogens is 2. The minimum atomic E-state index is -3.89. The smallest absolute Gasteiger partial charge is 0.244 e. The van der Waals surface area contributed by atoms with Crippen LogP contribution in [0, 0.1) is 0 Å². The minimum absolute atomic E-state index is 0.00589. The molecule has 36 heavy (non-hydrogen) atoms. The number of nitrogens with one attached hydrogen (secondary N) is 1. The van der Waals surface area contributed by atoms with Crippen LogP contribution in [0.15, 0.2) is 36.4 Å². The second kappa shape index (κ2) is 12.5. The molecular formula is C24H31Cl2N3O6S. The summed E-state index contributed by atoms with van der Waals surface area (Å²) in [6.07, 6.45) is 0.995. The zero-order chi connectivity index (χ0) is 27.2. The molecule has 0 fully saturated rings. The predicted octanol–water partition coefficient (Wildman–Crippen LogP) is 3.72. The Labute approximate surface area is 222 Å². The van der Waals surface area contributed by atoms with Crippen molar-refractivity contribution in [3.05, 3.63) is 52.0 Å². The molecule has 1 N–H and O–H groups in total. The molecule has 0 aliphatic carbocycles. The molecule has 0 bridgehead atoms. The molecule has 9 nitrogen and oxygen atoms in total. The Kier molecular flexibility index (Phi) is 10.3. The highest BCUT2D eigenvalue weighted by molar-refractivity contribution is 7.92. The third-order valence-corrected chi connectivity index (χ3v) is 7.15. The normalized spacial score (nSPS) is 12.1. The van der Waals surface area contributed by atoms with Gasteiger partial charge in [0.25, 0.3) is 0 Å². The number of amides is 2. The van der Waals surface area contributed by atoms with Gasteiger partial charge in [0.15, 0.2) is 11.5 Å². The van der Waals surface area contributed by atoms with E-state index in [4.69, 9.17) is 32.7 Å². The van der Waals surface area contributed by atoms with Gasteiger partial charge in [-0.1, -0.05) is 29.3 Å². The molecule has 12 heteroatoms. The highest BCUT2D eigenvalue weighted by Gasteiger charge is 2.30. The van der Waals surface area contributed by atoms with E-state index in [0.29, 0.717) is 27.1 Å². The first-order valence-corrected chi connectivity index (χ1v) is 13.6. The topological polar surface area (TPSA) is 105 Å². The zero-order valence-corrected chi connectivity index (χ0v) is 23.4. The molecule has 0 aliphatic rings. The number of carbonyl (C=O) groups excluding carboxylic acids is 2. The summed E-state index contributed by atoms with van der Waals surface area (Å²) < 4.78 is 36.9. The van der Waals surface area contributed by atoms with E-state index in [-0.39, 0.29) is 24.2 Å². The van der Waals surface area contributed by atoms with E-state index >= 15 is 0 Å². The minimum Gasteiger partial charge on any atom is -0.493 e. The van der Waals surface area contributed by atoms with Crippen LogP contribution in [-0.2, 0) is 26.2 Å². The summed E-state index contributed by atoms with van der Waals surface area (Å²) in [6.45, 7) is 4.64. The lowest BCUT2D eigenvalue weighted by Crippen LogP contribution is -2.52. The third kappa shape index (κ3) is 7.65. The number of methoxy groups -OCH3 is 2. The Morgan fingerprint density at radius 3 is 2.14 bits per heavy atom. The fraction of sp³-hybridized carbons (Fsp3) is 0.417. The molecule has 1 atom stereocenters. The average molecular weight is 561 g/mol. The number of ether oxygens (including phenoxy) is 2. The lowest BCUT2D eigenvalue weighted by Gasteiger charge is -2.32. The Balaban J connectivity index is 2.46. The fourth-order valence-electron chi connectivity index (χ4n) is 3.42. The van der Waals surface area contributed by atoms with Crippen molar-refractivity contribution in [1.29, 1.82) is 0 Å². The van der Waals surface area contributed by atoms with Crippen LogP contribution in [0.3, 0.4) is 0 Å². The van der Waals surface area contributed by atoms with Crippen molar-refractivity contribution in [2.75, 3.05) is 31.3 Å². The number of hydrogen-bond donors (Lipinski definition) is 1. The van der Waals surface area contributed by atoms with Crippen molar-refractivity contribution in [2.24, 2.45) is 0 Å². The van der Waals surface area contributed by atoms with Crippen LogP contribution in [0.2, 0.25) is 10.0 Å². The molecule has 2 aromatic carbocycles. The maximum atomic E-state index is 13.6. The fourth-order valence-corrected chi connectivity index (χ4v) is 4.58. The second-order valence-electron chi connectivity index (χ2n) is 8.42. The summed E-state index contributed by atoms with van der Waals surface area (Å²) >= 11 is 12.2. The lowest BCUT2D eigenvalue weighted by atomic mass is 10.1. The molecule has 1 unspecified atom stereocenters. The molecule has 0 aromatic heterocycles. The van der Waals surface area contributed by atoms with E-state index in [1.54, 1.807) is 45.0 Å². The van der Waals surface area contributed by atoms with Gasteiger partial charge in [-0.3, -0.25) is 13.9 Å². The molecular weight excluding hydrogens is 529 g/mol. The molecule has 0 saturated carbocycles. The molecule has 0 radical (unpaired) electrons. The van der Waals surface area contributed by atoms with Gasteiger partial charge in [-0.15, -0.1) is 0 Å². The van der Waals surface area contributed by atoms with E-state index < -0.39 is 28.5 Å². The number of nitrogens with zero attached hydrogens (tertiary/aromatic N) is 2. The number of hydrogen-bond acceptors (Lipinski definition) is 6. The quantitative estimate of drug-likeness (QED) is 0.449. The summed E-state index contributed by atoms with van der Waals surface area (Å²) in [4.78, 5) is 27.7. The standard InChI is InChI=1S/C24H31Cl2N3O6S/c1-15(2)27-24(31)16(3)28(13-17-7-9-19(25)20(26)11-17)23(30)14-29(36(6,32)33)18-8-10-21(34-4)22(12-18)35-5/h7-12,15-16H,13-14H2,1-6H3,(H,27,31). The first kappa shape index (κ1) is 29.5. The molecule has 0 aliphatic heterocycles. The lowest BCUT2D eigenvalue weighted by molar-refractivity contribution is -0.139. The highest BCUT2D eigenvalue weighted by atomic mass is 35.5. The molecule has 2 aromatic rings. The van der Waals surface area contributed by atoms with Crippen LogP contribution < -0.4 is 19.1 Å². The van der Waals surface area contributed by atoms with Gasteiger partial charge >= 0.3 is 0 Å². The number of anilines is 1. The summed E-state index contributed by atoms with van der Waals surface area (Å²) in [5, 5.41) is 3.43. The number of carbonyl (C=O) groups is 2. The van der Waals surface area contributed by atoms with Gasteiger partial charge < -0.3 is 19.7 Å².